The first-order valence-electron chi connectivity index (χ1n) is 9.19. The molecule has 0 spiro atoms. The van der Waals surface area contributed by atoms with Gasteiger partial charge in [0.2, 0.25) is 17.7 Å². The van der Waals surface area contributed by atoms with E-state index in [2.05, 4.69) is 5.32 Å². The molecule has 1 unspecified atom stereocenters. The van der Waals surface area contributed by atoms with Crippen molar-refractivity contribution < 1.29 is 14.3 Å². The van der Waals surface area contributed by atoms with E-state index in [9.17, 15) is 9.59 Å². The monoisotopic (exact) mass is 416 g/mol. The summed E-state index contributed by atoms with van der Waals surface area (Å²) < 4.78 is 5.04. The number of nitrogens with two attached hydrogens (primary N) is 2. The Bertz CT molecular complexity index is 900. The van der Waals surface area contributed by atoms with Crippen LogP contribution in [0.3, 0.4) is 0 Å². The molecule has 2 aliphatic rings. The van der Waals surface area contributed by atoms with Crippen LogP contribution >= 0.6 is 11.8 Å². The van der Waals surface area contributed by atoms with Gasteiger partial charge in [-0.2, -0.15) is 0 Å². The van der Waals surface area contributed by atoms with E-state index in [0.717, 1.165) is 18.5 Å². The molecule has 1 aromatic rings. The molecular formula is C19H24N6O3S. The molecule has 0 radical (unpaired) electrons. The average Bonchev–Trinajstić information content (AvgIpc) is 3.35. The zero-order valence-corrected chi connectivity index (χ0v) is 16.8. The van der Waals surface area contributed by atoms with E-state index in [1.165, 1.54) is 18.2 Å². The third kappa shape index (κ3) is 4.60. The number of rotatable bonds is 5. The molecule has 2 atom stereocenters. The minimum absolute atomic E-state index is 0.0167. The number of allylic oxidation sites excluding steroid dienone is 1. The van der Waals surface area contributed by atoms with Crippen molar-refractivity contribution in [2.75, 3.05) is 13.1 Å². The summed E-state index contributed by atoms with van der Waals surface area (Å²) >= 11 is 1.66. The maximum atomic E-state index is 13.3. The van der Waals surface area contributed by atoms with Gasteiger partial charge in [-0.05, 0) is 43.4 Å². The first-order chi connectivity index (χ1) is 13.8. The Labute approximate surface area is 172 Å². The van der Waals surface area contributed by atoms with Gasteiger partial charge in [-0.1, -0.05) is 0 Å². The minimum Gasteiger partial charge on any atom is -0.424 e. The molecule has 0 aromatic heterocycles. The standard InChI is InChI=1S/C19H24N6O3S/c1-10-9-29-18(24-10)14-3-2-4-25(14)19(27)13-6-11(16(22)26)5-12(7-13)17(23)28-15(21)8-20/h5-7,9,14,18,21,23-24H,2-4,8,20H2,1H3,(H2,22,26)/t14-,18?/m1/s1. The predicted molar refractivity (Wildman–Crippen MR) is 112 cm³/mol. The third-order valence-electron chi connectivity index (χ3n) is 4.81. The molecule has 10 heteroatoms. The molecule has 0 bridgehead atoms. The number of primary amides is 1. The Morgan fingerprint density at radius 2 is 1.97 bits per heavy atom. The highest BCUT2D eigenvalue weighted by molar-refractivity contribution is 8.03. The number of likely N-dealkylation sites (tertiary alicyclic amines) is 1. The first kappa shape index (κ1) is 20.9. The molecule has 29 heavy (non-hydrogen) atoms. The van der Waals surface area contributed by atoms with E-state index in [0.29, 0.717) is 6.54 Å². The number of ether oxygens (including phenoxy) is 1. The molecule has 2 heterocycles. The lowest BCUT2D eigenvalue weighted by molar-refractivity contribution is 0.0731. The van der Waals surface area contributed by atoms with Crippen molar-refractivity contribution >= 4 is 35.4 Å². The Balaban J connectivity index is 1.88. The number of carbonyl (C=O) groups is 2. The van der Waals surface area contributed by atoms with Crippen LogP contribution < -0.4 is 16.8 Å². The van der Waals surface area contributed by atoms with Crippen molar-refractivity contribution in [1.29, 1.82) is 10.8 Å². The van der Waals surface area contributed by atoms with Gasteiger partial charge in [-0.3, -0.25) is 20.4 Å². The second-order valence-electron chi connectivity index (χ2n) is 6.93. The third-order valence-corrected chi connectivity index (χ3v) is 6.02. The minimum atomic E-state index is -0.714. The second-order valence-corrected chi connectivity index (χ2v) is 7.95. The summed E-state index contributed by atoms with van der Waals surface area (Å²) in [5.41, 5.74) is 12.4. The molecule has 7 N–H and O–H groups in total. The van der Waals surface area contributed by atoms with Crippen molar-refractivity contribution in [3.05, 3.63) is 46.0 Å². The second kappa shape index (κ2) is 8.66. The van der Waals surface area contributed by atoms with Crippen LogP contribution in [0.4, 0.5) is 0 Å². The van der Waals surface area contributed by atoms with E-state index in [-0.39, 0.29) is 52.4 Å². The Hall–Kier alpha value is -2.85. The fourth-order valence-corrected chi connectivity index (χ4v) is 4.57. The molecule has 1 fully saturated rings. The van der Waals surface area contributed by atoms with Gasteiger partial charge in [0.25, 0.3) is 5.91 Å². The summed E-state index contributed by atoms with van der Waals surface area (Å²) in [6, 6.07) is 4.30. The topological polar surface area (TPSA) is 158 Å². The number of benzene rings is 1. The van der Waals surface area contributed by atoms with Crippen LogP contribution in [0.2, 0.25) is 0 Å². The zero-order valence-electron chi connectivity index (χ0n) is 16.0. The number of hydrogen-bond donors (Lipinski definition) is 5. The maximum Gasteiger partial charge on any atom is 0.254 e. The molecule has 1 saturated heterocycles. The summed E-state index contributed by atoms with van der Waals surface area (Å²) in [7, 11) is 0. The van der Waals surface area contributed by atoms with E-state index in [1.54, 1.807) is 16.7 Å². The zero-order chi connectivity index (χ0) is 21.1. The molecule has 0 aliphatic carbocycles. The molecule has 2 amide bonds. The number of carbonyl (C=O) groups excluding carboxylic acids is 2. The number of amides is 2. The Morgan fingerprint density at radius 3 is 2.59 bits per heavy atom. The molecule has 154 valence electrons. The van der Waals surface area contributed by atoms with E-state index >= 15 is 0 Å². The molecule has 1 aromatic carbocycles. The quantitative estimate of drug-likeness (QED) is 0.358. The number of thioether (sulfide) groups is 1. The van der Waals surface area contributed by atoms with Crippen molar-refractivity contribution in [1.82, 2.24) is 10.2 Å². The van der Waals surface area contributed by atoms with Crippen LogP contribution in [0.5, 0.6) is 0 Å². The van der Waals surface area contributed by atoms with Gasteiger partial charge >= 0.3 is 0 Å². The number of hydrogen-bond acceptors (Lipinski definition) is 8. The van der Waals surface area contributed by atoms with Gasteiger partial charge in [-0.25, -0.2) is 0 Å². The van der Waals surface area contributed by atoms with Crippen molar-refractivity contribution in [2.24, 2.45) is 11.5 Å². The lowest BCUT2D eigenvalue weighted by Crippen LogP contribution is -2.45. The highest BCUT2D eigenvalue weighted by atomic mass is 32.2. The van der Waals surface area contributed by atoms with Gasteiger partial charge in [0.1, 0.15) is 0 Å². The molecule has 9 nitrogen and oxygen atoms in total. The van der Waals surface area contributed by atoms with E-state index in [4.69, 9.17) is 27.0 Å². The smallest absolute Gasteiger partial charge is 0.254 e. The van der Waals surface area contributed by atoms with Crippen molar-refractivity contribution in [2.45, 2.75) is 31.2 Å². The van der Waals surface area contributed by atoms with E-state index < -0.39 is 5.91 Å². The lowest BCUT2D eigenvalue weighted by atomic mass is 10.0. The van der Waals surface area contributed by atoms with Gasteiger partial charge in [-0.15, -0.1) is 11.8 Å². The average molecular weight is 417 g/mol. The number of nitrogens with zero attached hydrogens (tertiary/aromatic N) is 1. The first-order valence-corrected chi connectivity index (χ1v) is 10.1. The SMILES string of the molecule is CC1=CSC([C@H]2CCCN2C(=O)c2cc(C(=N)OC(=N)CN)cc(C(N)=O)c2)N1. The summed E-state index contributed by atoms with van der Waals surface area (Å²) in [6.45, 7) is 2.43. The van der Waals surface area contributed by atoms with Crippen LogP contribution in [-0.2, 0) is 4.74 Å². The molecule has 3 rings (SSSR count). The van der Waals surface area contributed by atoms with Crippen molar-refractivity contribution in [3.63, 3.8) is 0 Å². The van der Waals surface area contributed by atoms with Gasteiger partial charge in [0.05, 0.1) is 18.0 Å². The lowest BCUT2D eigenvalue weighted by Gasteiger charge is -2.30. The summed E-state index contributed by atoms with van der Waals surface area (Å²) in [6.07, 6.45) is 1.77. The highest BCUT2D eigenvalue weighted by Gasteiger charge is 2.37. The number of nitrogens with one attached hydrogen (secondary N) is 3. The van der Waals surface area contributed by atoms with Gasteiger partial charge in [0, 0.05) is 28.9 Å². The predicted octanol–water partition coefficient (Wildman–Crippen LogP) is 1.19. The molecular weight excluding hydrogens is 392 g/mol. The van der Waals surface area contributed by atoms with E-state index in [1.807, 2.05) is 12.3 Å². The van der Waals surface area contributed by atoms with Gasteiger partial charge in [0.15, 0.2) is 0 Å². The highest BCUT2D eigenvalue weighted by Crippen LogP contribution is 2.32. The summed E-state index contributed by atoms with van der Waals surface area (Å²) in [5.74, 6) is -1.61. The van der Waals surface area contributed by atoms with Crippen LogP contribution in [0.1, 0.15) is 46.0 Å². The van der Waals surface area contributed by atoms with Crippen LogP contribution in [0.15, 0.2) is 29.3 Å². The largest absolute Gasteiger partial charge is 0.424 e. The van der Waals surface area contributed by atoms with Crippen LogP contribution in [0.25, 0.3) is 0 Å². The summed E-state index contributed by atoms with van der Waals surface area (Å²) in [4.78, 5) is 26.8. The Morgan fingerprint density at radius 1 is 1.28 bits per heavy atom. The normalized spacial score (nSPS) is 20.8. The van der Waals surface area contributed by atoms with Gasteiger partial charge < -0.3 is 26.4 Å². The van der Waals surface area contributed by atoms with Crippen LogP contribution in [0, 0.1) is 10.8 Å². The maximum absolute atomic E-state index is 13.3. The molecule has 2 aliphatic heterocycles. The van der Waals surface area contributed by atoms with Crippen molar-refractivity contribution in [3.8, 4) is 0 Å². The fraction of sp³-hybridized carbons (Fsp3) is 0.368. The molecule has 0 saturated carbocycles. The fourth-order valence-electron chi connectivity index (χ4n) is 3.43. The Kier molecular flexibility index (Phi) is 6.23. The van der Waals surface area contributed by atoms with Crippen LogP contribution in [-0.4, -0.2) is 53.0 Å². The summed E-state index contributed by atoms with van der Waals surface area (Å²) in [5, 5.41) is 21.0.